The number of aromatic nitrogens is 1. The molecule has 0 spiro atoms. The van der Waals surface area contributed by atoms with Crippen molar-refractivity contribution < 1.29 is 4.79 Å². The Morgan fingerprint density at radius 3 is 2.69 bits per heavy atom. The van der Waals surface area contributed by atoms with Gasteiger partial charge in [0.05, 0.1) is 5.51 Å². The summed E-state index contributed by atoms with van der Waals surface area (Å²) in [6.45, 7) is 2.29. The van der Waals surface area contributed by atoms with E-state index in [-0.39, 0.29) is 5.91 Å². The predicted molar refractivity (Wildman–Crippen MR) is 65.6 cm³/mol. The van der Waals surface area contributed by atoms with Crippen molar-refractivity contribution in [2.75, 3.05) is 7.05 Å². The molecule has 1 aliphatic carbocycles. The van der Waals surface area contributed by atoms with Crippen LogP contribution >= 0.6 is 11.3 Å². The van der Waals surface area contributed by atoms with E-state index in [1.165, 1.54) is 24.2 Å². The molecule has 0 bridgehead atoms. The maximum atomic E-state index is 12.1. The summed E-state index contributed by atoms with van der Waals surface area (Å²) in [5.41, 5.74) is 2.30. The van der Waals surface area contributed by atoms with Gasteiger partial charge in [-0.2, -0.15) is 0 Å². The topological polar surface area (TPSA) is 33.2 Å². The quantitative estimate of drug-likeness (QED) is 0.793. The molecule has 3 nitrogen and oxygen atoms in total. The van der Waals surface area contributed by atoms with E-state index in [2.05, 4.69) is 11.9 Å². The fourth-order valence-electron chi connectivity index (χ4n) is 2.29. The Balaban J connectivity index is 1.97. The van der Waals surface area contributed by atoms with Gasteiger partial charge in [0.2, 0.25) is 0 Å². The molecule has 0 atom stereocenters. The maximum absolute atomic E-state index is 12.1. The van der Waals surface area contributed by atoms with Crippen LogP contribution in [0, 0.1) is 5.92 Å². The first-order valence-corrected chi connectivity index (χ1v) is 6.78. The van der Waals surface area contributed by atoms with E-state index in [0.717, 1.165) is 18.8 Å². The van der Waals surface area contributed by atoms with E-state index in [1.54, 1.807) is 5.51 Å². The predicted octanol–water partition coefficient (Wildman–Crippen LogP) is 2.79. The molecule has 0 unspecified atom stereocenters. The molecule has 1 fully saturated rings. The molecular formula is C12H18N2OS. The van der Waals surface area contributed by atoms with Gasteiger partial charge in [-0.15, -0.1) is 11.3 Å². The smallest absolute Gasteiger partial charge is 0.273 e. The Hall–Kier alpha value is -0.900. The molecule has 0 aliphatic heterocycles. The molecule has 1 saturated carbocycles. The second-order valence-electron chi connectivity index (χ2n) is 4.70. The highest BCUT2D eigenvalue weighted by Gasteiger charge is 2.25. The molecule has 1 heterocycles. The molecule has 1 aromatic heterocycles. The van der Waals surface area contributed by atoms with Crippen molar-refractivity contribution in [2.45, 2.75) is 38.6 Å². The lowest BCUT2D eigenvalue weighted by Crippen LogP contribution is -2.39. The monoisotopic (exact) mass is 238 g/mol. The van der Waals surface area contributed by atoms with Gasteiger partial charge in [0.25, 0.3) is 5.91 Å². The van der Waals surface area contributed by atoms with Gasteiger partial charge < -0.3 is 4.90 Å². The van der Waals surface area contributed by atoms with Crippen molar-refractivity contribution in [3.63, 3.8) is 0 Å². The number of carbonyl (C=O) groups excluding carboxylic acids is 1. The fourth-order valence-corrected chi connectivity index (χ4v) is 2.82. The van der Waals surface area contributed by atoms with E-state index >= 15 is 0 Å². The van der Waals surface area contributed by atoms with Crippen LogP contribution in [0.5, 0.6) is 0 Å². The Bertz CT molecular complexity index is 342. The molecule has 4 heteroatoms. The van der Waals surface area contributed by atoms with Gasteiger partial charge in [-0.3, -0.25) is 4.79 Å². The minimum Gasteiger partial charge on any atom is -0.337 e. The summed E-state index contributed by atoms with van der Waals surface area (Å²) in [6, 6.07) is 0.408. The number of hydrogen-bond donors (Lipinski definition) is 0. The fraction of sp³-hybridized carbons (Fsp3) is 0.667. The SMILES string of the molecule is CC1CCC(N(C)C(=O)c2cscn2)CC1. The Morgan fingerprint density at radius 1 is 1.44 bits per heavy atom. The van der Waals surface area contributed by atoms with Crippen LogP contribution in [-0.2, 0) is 0 Å². The summed E-state index contributed by atoms with van der Waals surface area (Å²) < 4.78 is 0. The number of carbonyl (C=O) groups is 1. The molecule has 0 saturated heterocycles. The first-order chi connectivity index (χ1) is 7.68. The zero-order valence-corrected chi connectivity index (χ0v) is 10.7. The number of amides is 1. The van der Waals surface area contributed by atoms with E-state index in [4.69, 9.17) is 0 Å². The minimum absolute atomic E-state index is 0.0702. The average molecular weight is 238 g/mol. The molecule has 1 amide bonds. The van der Waals surface area contributed by atoms with Crippen LogP contribution < -0.4 is 0 Å². The maximum Gasteiger partial charge on any atom is 0.273 e. The number of nitrogens with zero attached hydrogens (tertiary/aromatic N) is 2. The zero-order valence-electron chi connectivity index (χ0n) is 9.85. The molecule has 0 aromatic carbocycles. The summed E-state index contributed by atoms with van der Waals surface area (Å²) in [4.78, 5) is 18.0. The van der Waals surface area contributed by atoms with Crippen molar-refractivity contribution in [3.05, 3.63) is 16.6 Å². The molecule has 0 N–H and O–H groups in total. The van der Waals surface area contributed by atoms with Crippen LogP contribution in [0.3, 0.4) is 0 Å². The van der Waals surface area contributed by atoms with E-state index in [0.29, 0.717) is 11.7 Å². The Kier molecular flexibility index (Phi) is 3.59. The van der Waals surface area contributed by atoms with Gasteiger partial charge in [-0.05, 0) is 31.6 Å². The normalized spacial score (nSPS) is 25.4. The van der Waals surface area contributed by atoms with Gasteiger partial charge >= 0.3 is 0 Å². The van der Waals surface area contributed by atoms with Crippen molar-refractivity contribution in [3.8, 4) is 0 Å². The van der Waals surface area contributed by atoms with Crippen LogP contribution in [-0.4, -0.2) is 28.9 Å². The van der Waals surface area contributed by atoms with E-state index in [1.807, 2.05) is 17.3 Å². The van der Waals surface area contributed by atoms with E-state index < -0.39 is 0 Å². The minimum atomic E-state index is 0.0702. The van der Waals surface area contributed by atoms with Gasteiger partial charge in [0.15, 0.2) is 0 Å². The summed E-state index contributed by atoms with van der Waals surface area (Å²) >= 11 is 1.47. The van der Waals surface area contributed by atoms with Crippen molar-refractivity contribution >= 4 is 17.2 Å². The van der Waals surface area contributed by atoms with Gasteiger partial charge in [0, 0.05) is 18.5 Å². The number of hydrogen-bond acceptors (Lipinski definition) is 3. The summed E-state index contributed by atoms with van der Waals surface area (Å²) in [6.07, 6.45) is 4.74. The van der Waals surface area contributed by atoms with Crippen LogP contribution in [0.4, 0.5) is 0 Å². The first-order valence-electron chi connectivity index (χ1n) is 5.84. The lowest BCUT2D eigenvalue weighted by atomic mass is 9.87. The zero-order chi connectivity index (χ0) is 11.5. The molecule has 88 valence electrons. The lowest BCUT2D eigenvalue weighted by molar-refractivity contribution is 0.0674. The van der Waals surface area contributed by atoms with Crippen LogP contribution in [0.1, 0.15) is 43.1 Å². The average Bonchev–Trinajstić information content (AvgIpc) is 2.81. The number of thiazole rings is 1. The summed E-state index contributed by atoms with van der Waals surface area (Å²) in [7, 11) is 1.91. The third-order valence-electron chi connectivity index (χ3n) is 3.50. The molecule has 1 aliphatic rings. The van der Waals surface area contributed by atoms with Gasteiger partial charge in [0.1, 0.15) is 5.69 Å². The van der Waals surface area contributed by atoms with Crippen LogP contribution in [0.15, 0.2) is 10.9 Å². The summed E-state index contributed by atoms with van der Waals surface area (Å²) in [5.74, 6) is 0.889. The van der Waals surface area contributed by atoms with Gasteiger partial charge in [-0.25, -0.2) is 4.98 Å². The molecule has 1 aromatic rings. The number of rotatable bonds is 2. The van der Waals surface area contributed by atoms with Crippen LogP contribution in [0.25, 0.3) is 0 Å². The highest BCUT2D eigenvalue weighted by atomic mass is 32.1. The molecule has 0 radical (unpaired) electrons. The van der Waals surface area contributed by atoms with E-state index in [9.17, 15) is 4.79 Å². The molecule has 2 rings (SSSR count). The largest absolute Gasteiger partial charge is 0.337 e. The second-order valence-corrected chi connectivity index (χ2v) is 5.42. The second kappa shape index (κ2) is 4.95. The lowest BCUT2D eigenvalue weighted by Gasteiger charge is -2.33. The third kappa shape index (κ3) is 2.43. The molecule has 16 heavy (non-hydrogen) atoms. The van der Waals surface area contributed by atoms with Gasteiger partial charge in [-0.1, -0.05) is 6.92 Å². The highest BCUT2D eigenvalue weighted by molar-refractivity contribution is 7.07. The van der Waals surface area contributed by atoms with Crippen molar-refractivity contribution in [2.24, 2.45) is 5.92 Å². The third-order valence-corrected chi connectivity index (χ3v) is 4.09. The van der Waals surface area contributed by atoms with Crippen LogP contribution in [0.2, 0.25) is 0 Å². The first kappa shape index (κ1) is 11.6. The standard InChI is InChI=1S/C12H18N2OS/c1-9-3-5-10(6-4-9)14(2)12(15)11-7-16-8-13-11/h7-10H,3-6H2,1-2H3. The Morgan fingerprint density at radius 2 is 2.12 bits per heavy atom. The Labute approximate surface area is 100 Å². The summed E-state index contributed by atoms with van der Waals surface area (Å²) in [5, 5.41) is 1.82. The molecular weight excluding hydrogens is 220 g/mol. The highest BCUT2D eigenvalue weighted by Crippen LogP contribution is 2.27. The van der Waals surface area contributed by atoms with Crippen molar-refractivity contribution in [1.29, 1.82) is 0 Å². The van der Waals surface area contributed by atoms with Crippen molar-refractivity contribution in [1.82, 2.24) is 9.88 Å².